The first-order chi connectivity index (χ1) is 7.60. The fourth-order valence-electron chi connectivity index (χ4n) is 1.39. The van der Waals surface area contributed by atoms with Crippen LogP contribution in [0.15, 0.2) is 12.7 Å². The van der Waals surface area contributed by atoms with Crippen molar-refractivity contribution in [2.75, 3.05) is 26.7 Å². The fourth-order valence-corrected chi connectivity index (χ4v) is 1.39. The van der Waals surface area contributed by atoms with Crippen LogP contribution in [0, 0.1) is 0 Å². The smallest absolute Gasteiger partial charge is 0.329 e. The minimum absolute atomic E-state index is 0.222. The first kappa shape index (κ1) is 14.6. The van der Waals surface area contributed by atoms with E-state index in [1.807, 2.05) is 4.90 Å². The zero-order valence-electron chi connectivity index (χ0n) is 9.65. The number of piperidine rings is 1. The molecule has 1 saturated heterocycles. The normalized spacial score (nSPS) is 15.6. The van der Waals surface area contributed by atoms with E-state index in [-0.39, 0.29) is 6.54 Å². The molecule has 1 heterocycles. The summed E-state index contributed by atoms with van der Waals surface area (Å²) in [5.74, 6) is -1.10. The SMILES string of the molecule is C=CC(=O)OC.O=C(O)CN1CCCCC1. The topological polar surface area (TPSA) is 66.8 Å². The van der Waals surface area contributed by atoms with Crippen LogP contribution in [0.1, 0.15) is 19.3 Å². The van der Waals surface area contributed by atoms with Crippen LogP contribution in [0.3, 0.4) is 0 Å². The van der Waals surface area contributed by atoms with Crippen molar-refractivity contribution in [2.45, 2.75) is 19.3 Å². The molecule has 16 heavy (non-hydrogen) atoms. The van der Waals surface area contributed by atoms with Gasteiger partial charge in [-0.1, -0.05) is 13.0 Å². The Morgan fingerprint density at radius 3 is 2.25 bits per heavy atom. The lowest BCUT2D eigenvalue weighted by Crippen LogP contribution is -2.34. The van der Waals surface area contributed by atoms with Gasteiger partial charge in [-0.15, -0.1) is 0 Å². The standard InChI is InChI=1S/C7H13NO2.C4H6O2/c9-7(10)6-8-4-2-1-3-5-8;1-3-4(5)6-2/h1-6H2,(H,9,10);3H,1H2,2H3. The zero-order chi connectivity index (χ0) is 12.4. The van der Waals surface area contributed by atoms with Crippen molar-refractivity contribution in [2.24, 2.45) is 0 Å². The van der Waals surface area contributed by atoms with Crippen molar-refractivity contribution in [3.8, 4) is 0 Å². The molecule has 0 aliphatic carbocycles. The summed E-state index contributed by atoms with van der Waals surface area (Å²) in [6.45, 7) is 5.31. The summed E-state index contributed by atoms with van der Waals surface area (Å²) in [6.07, 6.45) is 4.69. The molecule has 1 N–H and O–H groups in total. The quantitative estimate of drug-likeness (QED) is 0.575. The van der Waals surface area contributed by atoms with Crippen LogP contribution in [-0.2, 0) is 14.3 Å². The molecule has 1 aliphatic rings. The van der Waals surface area contributed by atoms with Gasteiger partial charge >= 0.3 is 11.9 Å². The van der Waals surface area contributed by atoms with E-state index in [2.05, 4.69) is 11.3 Å². The Kier molecular flexibility index (Phi) is 8.15. The number of ether oxygens (including phenoxy) is 1. The number of likely N-dealkylation sites (tertiary alicyclic amines) is 1. The number of nitrogens with zero attached hydrogens (tertiary/aromatic N) is 1. The number of aliphatic carboxylic acids is 1. The molecule has 0 saturated carbocycles. The lowest BCUT2D eigenvalue weighted by Gasteiger charge is -2.24. The molecule has 0 aromatic rings. The number of methoxy groups -OCH3 is 1. The van der Waals surface area contributed by atoms with Gasteiger partial charge in [0.15, 0.2) is 0 Å². The van der Waals surface area contributed by atoms with E-state index >= 15 is 0 Å². The van der Waals surface area contributed by atoms with Gasteiger partial charge < -0.3 is 9.84 Å². The molecule has 5 nitrogen and oxygen atoms in total. The van der Waals surface area contributed by atoms with Gasteiger partial charge in [0.1, 0.15) is 0 Å². The largest absolute Gasteiger partial charge is 0.480 e. The number of carbonyl (C=O) groups excluding carboxylic acids is 1. The van der Waals surface area contributed by atoms with E-state index in [1.165, 1.54) is 13.5 Å². The Morgan fingerprint density at radius 1 is 1.38 bits per heavy atom. The molecule has 0 radical (unpaired) electrons. The predicted octanol–water partition coefficient (Wildman–Crippen LogP) is 0.902. The number of carboxylic acid groups (broad SMARTS) is 1. The van der Waals surface area contributed by atoms with Gasteiger partial charge in [0, 0.05) is 6.08 Å². The lowest BCUT2D eigenvalue weighted by molar-refractivity contribution is -0.138. The second-order valence-electron chi connectivity index (χ2n) is 3.46. The molecule has 1 aliphatic heterocycles. The van der Waals surface area contributed by atoms with Crippen molar-refractivity contribution < 1.29 is 19.4 Å². The summed E-state index contributed by atoms with van der Waals surface area (Å²) < 4.78 is 4.14. The van der Waals surface area contributed by atoms with Crippen LogP contribution >= 0.6 is 0 Å². The number of esters is 1. The summed E-state index contributed by atoms with van der Waals surface area (Å²) in [7, 11) is 1.31. The van der Waals surface area contributed by atoms with E-state index in [1.54, 1.807) is 0 Å². The summed E-state index contributed by atoms with van der Waals surface area (Å²) in [5.41, 5.74) is 0. The van der Waals surface area contributed by atoms with Crippen LogP contribution in [0.2, 0.25) is 0 Å². The number of carbonyl (C=O) groups is 2. The second kappa shape index (κ2) is 8.91. The monoisotopic (exact) mass is 229 g/mol. The summed E-state index contributed by atoms with van der Waals surface area (Å²) in [6, 6.07) is 0. The van der Waals surface area contributed by atoms with E-state index in [9.17, 15) is 9.59 Å². The third-order valence-corrected chi connectivity index (χ3v) is 2.18. The maximum absolute atomic E-state index is 10.2. The van der Waals surface area contributed by atoms with E-state index < -0.39 is 11.9 Å². The van der Waals surface area contributed by atoms with E-state index in [0.717, 1.165) is 32.0 Å². The van der Waals surface area contributed by atoms with Crippen molar-refractivity contribution in [1.29, 1.82) is 0 Å². The van der Waals surface area contributed by atoms with Gasteiger partial charge in [-0.25, -0.2) is 4.79 Å². The first-order valence-electron chi connectivity index (χ1n) is 5.24. The van der Waals surface area contributed by atoms with E-state index in [4.69, 9.17) is 5.11 Å². The van der Waals surface area contributed by atoms with Gasteiger partial charge in [-0.2, -0.15) is 0 Å². The van der Waals surface area contributed by atoms with Crippen LogP contribution < -0.4 is 0 Å². The highest BCUT2D eigenvalue weighted by Gasteiger charge is 2.11. The Balaban J connectivity index is 0.000000325. The average Bonchev–Trinajstić information content (AvgIpc) is 2.29. The van der Waals surface area contributed by atoms with Gasteiger partial charge in [0.2, 0.25) is 0 Å². The van der Waals surface area contributed by atoms with Crippen molar-refractivity contribution >= 4 is 11.9 Å². The minimum atomic E-state index is -0.707. The molecule has 0 spiro atoms. The molecule has 0 bridgehead atoms. The van der Waals surface area contributed by atoms with Crippen molar-refractivity contribution in [3.63, 3.8) is 0 Å². The third kappa shape index (κ3) is 7.99. The maximum atomic E-state index is 10.2. The van der Waals surface area contributed by atoms with Crippen LogP contribution in [-0.4, -0.2) is 48.7 Å². The second-order valence-corrected chi connectivity index (χ2v) is 3.46. The Bertz CT molecular complexity index is 234. The highest BCUT2D eigenvalue weighted by molar-refractivity contribution is 5.80. The van der Waals surface area contributed by atoms with Gasteiger partial charge in [-0.3, -0.25) is 9.69 Å². The molecule has 0 atom stereocenters. The molecule has 0 unspecified atom stereocenters. The highest BCUT2D eigenvalue weighted by atomic mass is 16.5. The number of carboxylic acids is 1. The molecular weight excluding hydrogens is 210 g/mol. The fraction of sp³-hybridized carbons (Fsp3) is 0.636. The average molecular weight is 229 g/mol. The Hall–Kier alpha value is -1.36. The molecule has 1 fully saturated rings. The molecule has 0 aromatic heterocycles. The van der Waals surface area contributed by atoms with Gasteiger partial charge in [0.25, 0.3) is 0 Å². The highest BCUT2D eigenvalue weighted by Crippen LogP contribution is 2.07. The molecular formula is C11H19NO4. The molecule has 5 heteroatoms. The predicted molar refractivity (Wildman–Crippen MR) is 60.1 cm³/mol. The summed E-state index contributed by atoms with van der Waals surface area (Å²) >= 11 is 0. The Morgan fingerprint density at radius 2 is 1.94 bits per heavy atom. The maximum Gasteiger partial charge on any atom is 0.329 e. The lowest BCUT2D eigenvalue weighted by atomic mass is 10.1. The van der Waals surface area contributed by atoms with Crippen molar-refractivity contribution in [3.05, 3.63) is 12.7 Å². The minimum Gasteiger partial charge on any atom is -0.480 e. The third-order valence-electron chi connectivity index (χ3n) is 2.18. The van der Waals surface area contributed by atoms with Crippen LogP contribution in [0.25, 0.3) is 0 Å². The molecule has 0 amide bonds. The first-order valence-corrected chi connectivity index (χ1v) is 5.24. The van der Waals surface area contributed by atoms with Crippen LogP contribution in [0.4, 0.5) is 0 Å². The van der Waals surface area contributed by atoms with Crippen molar-refractivity contribution in [1.82, 2.24) is 4.90 Å². The zero-order valence-corrected chi connectivity index (χ0v) is 9.65. The van der Waals surface area contributed by atoms with E-state index in [0.29, 0.717) is 0 Å². The van der Waals surface area contributed by atoms with Crippen LogP contribution in [0.5, 0.6) is 0 Å². The summed E-state index contributed by atoms with van der Waals surface area (Å²) in [5, 5.41) is 8.42. The number of hydrogen-bond acceptors (Lipinski definition) is 4. The van der Waals surface area contributed by atoms with Gasteiger partial charge in [0.05, 0.1) is 13.7 Å². The molecule has 0 aromatic carbocycles. The van der Waals surface area contributed by atoms with Gasteiger partial charge in [-0.05, 0) is 25.9 Å². The summed E-state index contributed by atoms with van der Waals surface area (Å²) in [4.78, 5) is 22.1. The molecule has 92 valence electrons. The Labute approximate surface area is 95.7 Å². The number of rotatable bonds is 3. The molecule has 1 rings (SSSR count). The number of hydrogen-bond donors (Lipinski definition) is 1.